The second kappa shape index (κ2) is 10.6. The van der Waals surface area contributed by atoms with E-state index < -0.39 is 28.0 Å². The normalized spacial score (nSPS) is 15.0. The maximum Gasteiger partial charge on any atom is 0.339 e. The number of nitrogens with zero attached hydrogens (tertiary/aromatic N) is 1. The number of anilines is 1. The summed E-state index contributed by atoms with van der Waals surface area (Å²) in [6.45, 7) is 3.47. The van der Waals surface area contributed by atoms with Gasteiger partial charge in [-0.1, -0.05) is 35.4 Å². The van der Waals surface area contributed by atoms with Crippen LogP contribution in [0.1, 0.15) is 16.7 Å². The summed E-state index contributed by atoms with van der Waals surface area (Å²) in [6, 6.07) is 12.8. The van der Waals surface area contributed by atoms with E-state index in [-0.39, 0.29) is 32.1 Å². The number of rotatable bonds is 6. The highest BCUT2D eigenvalue weighted by Gasteiger charge is 2.37. The zero-order chi connectivity index (χ0) is 27.8. The molecule has 0 aromatic heterocycles. The first-order valence-electron chi connectivity index (χ1n) is 11.0. The minimum absolute atomic E-state index is 0.0178. The van der Waals surface area contributed by atoms with Crippen LogP contribution in [-0.4, -0.2) is 33.4 Å². The van der Waals surface area contributed by atoms with Gasteiger partial charge in [0.1, 0.15) is 10.5 Å². The summed E-state index contributed by atoms with van der Waals surface area (Å²) in [4.78, 5) is 39.2. The average Bonchev–Trinajstić information content (AvgIpc) is 2.86. The number of imide groups is 2. The first kappa shape index (κ1) is 27.4. The fourth-order valence-corrected chi connectivity index (χ4v) is 5.42. The van der Waals surface area contributed by atoms with E-state index >= 15 is 0 Å². The predicted octanol–water partition coefficient (Wildman–Crippen LogP) is 5.16. The third-order valence-corrected chi connectivity index (χ3v) is 7.88. The molecule has 1 fully saturated rings. The minimum atomic E-state index is -4.19. The number of methoxy groups -OCH3 is 1. The van der Waals surface area contributed by atoms with Crippen LogP contribution in [0.25, 0.3) is 6.08 Å². The number of carbonyl (C=O) groups is 3. The minimum Gasteiger partial charge on any atom is -0.493 e. The lowest BCUT2D eigenvalue weighted by Crippen LogP contribution is -2.54. The summed E-state index contributed by atoms with van der Waals surface area (Å²) in [5.41, 5.74) is 1.55. The van der Waals surface area contributed by atoms with Gasteiger partial charge in [-0.3, -0.25) is 14.9 Å². The molecule has 12 heteroatoms. The number of barbiturate groups is 1. The SMILES string of the molecule is COc1cc(/C=C2\C(=O)NC(=O)N(c3cccc(Cl)c3C)C2=O)cc(Br)c1OS(=O)(=O)c1ccc(C)cc1. The molecule has 38 heavy (non-hydrogen) atoms. The molecular weight excluding hydrogens is 600 g/mol. The third-order valence-electron chi connectivity index (χ3n) is 5.65. The van der Waals surface area contributed by atoms with E-state index in [9.17, 15) is 22.8 Å². The number of aryl methyl sites for hydroxylation is 1. The highest BCUT2D eigenvalue weighted by atomic mass is 79.9. The summed E-state index contributed by atoms with van der Waals surface area (Å²) < 4.78 is 36.5. The van der Waals surface area contributed by atoms with Crippen molar-refractivity contribution >= 4 is 67.3 Å². The molecule has 9 nitrogen and oxygen atoms in total. The molecule has 0 radical (unpaired) electrons. The Labute approximate surface area is 232 Å². The van der Waals surface area contributed by atoms with Crippen LogP contribution in [0.3, 0.4) is 0 Å². The van der Waals surface area contributed by atoms with Crippen molar-refractivity contribution in [2.75, 3.05) is 12.0 Å². The Morgan fingerprint density at radius 2 is 1.71 bits per heavy atom. The number of nitrogens with one attached hydrogen (secondary N) is 1. The molecule has 4 amide bonds. The number of carbonyl (C=O) groups excluding carboxylic acids is 3. The second-order valence-electron chi connectivity index (χ2n) is 8.23. The Bertz CT molecular complexity index is 1620. The number of hydrogen-bond acceptors (Lipinski definition) is 7. The first-order chi connectivity index (χ1) is 17.9. The number of ether oxygens (including phenoxy) is 1. The summed E-state index contributed by atoms with van der Waals surface area (Å²) in [5.74, 6) is -1.86. The van der Waals surface area contributed by atoms with Crippen LogP contribution in [0.4, 0.5) is 10.5 Å². The number of hydrogen-bond donors (Lipinski definition) is 1. The van der Waals surface area contributed by atoms with E-state index in [1.165, 1.54) is 43.5 Å². The van der Waals surface area contributed by atoms with Gasteiger partial charge in [-0.15, -0.1) is 0 Å². The zero-order valence-corrected chi connectivity index (χ0v) is 23.4. The standard InChI is InChI=1S/C26H20BrClN2O7S/c1-14-7-9-17(10-8-14)38(34,35)37-23-19(27)12-16(13-22(23)36-3)11-18-24(31)29-26(33)30(25(18)32)21-6-4-5-20(28)15(21)2/h4-13H,1-3H3,(H,29,31,33)/b18-11+. The molecule has 1 heterocycles. The largest absolute Gasteiger partial charge is 0.493 e. The molecule has 1 N–H and O–H groups in total. The molecule has 0 atom stereocenters. The van der Waals surface area contributed by atoms with Crippen molar-refractivity contribution in [1.29, 1.82) is 0 Å². The Morgan fingerprint density at radius 1 is 1.03 bits per heavy atom. The molecule has 4 rings (SSSR count). The molecule has 1 aliphatic heterocycles. The second-order valence-corrected chi connectivity index (χ2v) is 11.0. The van der Waals surface area contributed by atoms with E-state index in [1.807, 2.05) is 6.92 Å². The topological polar surface area (TPSA) is 119 Å². The monoisotopic (exact) mass is 618 g/mol. The number of amides is 4. The van der Waals surface area contributed by atoms with Crippen molar-refractivity contribution in [2.24, 2.45) is 0 Å². The van der Waals surface area contributed by atoms with Gasteiger partial charge in [0.15, 0.2) is 11.5 Å². The molecule has 0 saturated carbocycles. The van der Waals surface area contributed by atoms with Gasteiger partial charge in [-0.05, 0) is 83.4 Å². The highest BCUT2D eigenvalue weighted by molar-refractivity contribution is 9.10. The summed E-state index contributed by atoms with van der Waals surface area (Å²) in [6.07, 6.45) is 1.25. The number of urea groups is 1. The van der Waals surface area contributed by atoms with Crippen molar-refractivity contribution in [1.82, 2.24) is 5.32 Å². The van der Waals surface area contributed by atoms with Gasteiger partial charge in [0, 0.05) is 5.02 Å². The van der Waals surface area contributed by atoms with Crippen LogP contribution in [0.5, 0.6) is 11.5 Å². The Balaban J connectivity index is 1.72. The molecule has 0 bridgehead atoms. The summed E-state index contributed by atoms with van der Waals surface area (Å²) >= 11 is 9.44. The summed E-state index contributed by atoms with van der Waals surface area (Å²) in [7, 11) is -2.88. The van der Waals surface area contributed by atoms with Crippen LogP contribution in [0.15, 0.2) is 69.5 Å². The molecular formula is C26H20BrClN2O7S. The third kappa shape index (κ3) is 5.31. The van der Waals surface area contributed by atoms with E-state index in [0.717, 1.165) is 10.5 Å². The molecule has 0 unspecified atom stereocenters. The van der Waals surface area contributed by atoms with Crippen LogP contribution in [0, 0.1) is 13.8 Å². The van der Waals surface area contributed by atoms with Crippen LogP contribution in [0.2, 0.25) is 5.02 Å². The lowest BCUT2D eigenvalue weighted by Gasteiger charge is -2.27. The highest BCUT2D eigenvalue weighted by Crippen LogP contribution is 2.39. The predicted molar refractivity (Wildman–Crippen MR) is 145 cm³/mol. The lowest BCUT2D eigenvalue weighted by atomic mass is 10.1. The molecule has 1 aliphatic rings. The Hall–Kier alpha value is -3.67. The molecule has 0 spiro atoms. The van der Waals surface area contributed by atoms with Gasteiger partial charge >= 0.3 is 16.1 Å². The van der Waals surface area contributed by atoms with Crippen molar-refractivity contribution in [2.45, 2.75) is 18.7 Å². The van der Waals surface area contributed by atoms with Crippen molar-refractivity contribution in [3.8, 4) is 11.5 Å². The average molecular weight is 620 g/mol. The van der Waals surface area contributed by atoms with Gasteiger partial charge in [0.05, 0.1) is 17.3 Å². The van der Waals surface area contributed by atoms with E-state index in [1.54, 1.807) is 31.2 Å². The van der Waals surface area contributed by atoms with Gasteiger partial charge in [-0.25, -0.2) is 9.69 Å². The Kier molecular flexibility index (Phi) is 7.63. The van der Waals surface area contributed by atoms with E-state index in [0.29, 0.717) is 16.1 Å². The lowest BCUT2D eigenvalue weighted by molar-refractivity contribution is -0.122. The van der Waals surface area contributed by atoms with Crippen molar-refractivity contribution in [3.05, 3.63) is 86.4 Å². The number of benzene rings is 3. The maximum atomic E-state index is 13.3. The van der Waals surface area contributed by atoms with Crippen LogP contribution in [-0.2, 0) is 19.7 Å². The Morgan fingerprint density at radius 3 is 2.37 bits per heavy atom. The van der Waals surface area contributed by atoms with Gasteiger partial charge in [0.2, 0.25) is 0 Å². The zero-order valence-electron chi connectivity index (χ0n) is 20.2. The maximum absolute atomic E-state index is 13.3. The molecule has 3 aromatic rings. The van der Waals surface area contributed by atoms with E-state index in [2.05, 4.69) is 21.2 Å². The van der Waals surface area contributed by atoms with Gasteiger partial charge in [-0.2, -0.15) is 8.42 Å². The summed E-state index contributed by atoms with van der Waals surface area (Å²) in [5, 5.41) is 2.49. The smallest absolute Gasteiger partial charge is 0.339 e. The number of halogens is 2. The quantitative estimate of drug-likeness (QED) is 0.230. The van der Waals surface area contributed by atoms with Crippen LogP contribution >= 0.6 is 27.5 Å². The van der Waals surface area contributed by atoms with Gasteiger partial charge in [0.25, 0.3) is 11.8 Å². The van der Waals surface area contributed by atoms with Gasteiger partial charge < -0.3 is 8.92 Å². The molecule has 0 aliphatic carbocycles. The van der Waals surface area contributed by atoms with E-state index in [4.69, 9.17) is 20.5 Å². The fourth-order valence-electron chi connectivity index (χ4n) is 3.65. The molecule has 196 valence electrons. The molecule has 3 aromatic carbocycles. The molecule has 1 saturated heterocycles. The van der Waals surface area contributed by atoms with Crippen molar-refractivity contribution < 1.29 is 31.7 Å². The van der Waals surface area contributed by atoms with Crippen LogP contribution < -0.4 is 19.1 Å². The van der Waals surface area contributed by atoms with Crippen molar-refractivity contribution in [3.63, 3.8) is 0 Å². The fraction of sp³-hybridized carbons (Fsp3) is 0.115. The first-order valence-corrected chi connectivity index (χ1v) is 13.6.